The fourth-order valence-corrected chi connectivity index (χ4v) is 7.32. The van der Waals surface area contributed by atoms with E-state index in [9.17, 15) is 78.0 Å². The van der Waals surface area contributed by atoms with Gasteiger partial charge in [-0.15, -0.1) is 0 Å². The van der Waals surface area contributed by atoms with Crippen molar-refractivity contribution in [2.75, 3.05) is 19.7 Å². The van der Waals surface area contributed by atoms with Gasteiger partial charge in [0, 0.05) is 25.8 Å². The van der Waals surface area contributed by atoms with Gasteiger partial charge in [0.15, 0.2) is 5.96 Å². The predicted molar refractivity (Wildman–Crippen MR) is 277 cm³/mol. The number of nitrogens with one attached hydrogen (secondary N) is 8. The minimum Gasteiger partial charge on any atom is -0.481 e. The second-order valence-corrected chi connectivity index (χ2v) is 19.6. The van der Waals surface area contributed by atoms with Crippen LogP contribution in [0, 0.1) is 17.8 Å². The molecule has 0 heterocycles. The van der Waals surface area contributed by atoms with Crippen molar-refractivity contribution in [2.45, 2.75) is 179 Å². The van der Waals surface area contributed by atoms with Gasteiger partial charge in [0.25, 0.3) is 0 Å². The zero-order valence-electron chi connectivity index (χ0n) is 44.8. The van der Waals surface area contributed by atoms with Crippen molar-refractivity contribution < 1.29 is 78.0 Å². The minimum atomic E-state index is -1.85. The molecule has 0 aliphatic heterocycles. The highest BCUT2D eigenvalue weighted by atomic mass is 16.4. The van der Waals surface area contributed by atoms with E-state index in [1.165, 1.54) is 13.8 Å². The molecule has 438 valence electrons. The molecule has 0 bridgehead atoms. The number of amides is 9. The number of aliphatic imine (C=N–C) groups is 1. The summed E-state index contributed by atoms with van der Waals surface area (Å²) in [4.78, 5) is 160. The van der Waals surface area contributed by atoms with Gasteiger partial charge in [0.05, 0.1) is 12.6 Å². The van der Waals surface area contributed by atoms with Gasteiger partial charge in [0.2, 0.25) is 53.2 Å². The number of aliphatic carboxylic acids is 3. The van der Waals surface area contributed by atoms with Gasteiger partial charge >= 0.3 is 17.9 Å². The fourth-order valence-electron chi connectivity index (χ4n) is 7.32. The molecule has 0 aliphatic rings. The molecule has 0 saturated heterocycles. The largest absolute Gasteiger partial charge is 0.481 e. The van der Waals surface area contributed by atoms with Crippen LogP contribution in [0.25, 0.3) is 0 Å². The van der Waals surface area contributed by atoms with Gasteiger partial charge in [0.1, 0.15) is 48.3 Å². The Hall–Kier alpha value is -7.21. The molecule has 30 nitrogen and oxygen atoms in total. The van der Waals surface area contributed by atoms with Crippen molar-refractivity contribution in [3.05, 3.63) is 0 Å². The highest BCUT2D eigenvalue weighted by Crippen LogP contribution is 2.12. The van der Waals surface area contributed by atoms with E-state index in [1.54, 1.807) is 27.7 Å². The number of hydrogen-bond acceptors (Lipinski definition) is 16. The monoisotopic (exact) mass is 1100 g/mol. The summed E-state index contributed by atoms with van der Waals surface area (Å²) < 4.78 is 0. The van der Waals surface area contributed by atoms with Crippen molar-refractivity contribution in [1.82, 2.24) is 42.5 Å². The molecule has 77 heavy (non-hydrogen) atoms. The van der Waals surface area contributed by atoms with Crippen LogP contribution in [-0.2, 0) is 57.5 Å². The normalized spacial score (nSPS) is 14.6. The number of carbonyl (C=O) groups is 12. The molecule has 0 rings (SSSR count). The number of aliphatic hydroxyl groups is 1. The molecule has 9 amide bonds. The lowest BCUT2D eigenvalue weighted by Gasteiger charge is -2.29. The lowest BCUT2D eigenvalue weighted by Crippen LogP contribution is -2.61. The average Bonchev–Trinajstić information content (AvgIpc) is 3.32. The Balaban J connectivity index is 6.59. The van der Waals surface area contributed by atoms with Crippen LogP contribution >= 0.6 is 0 Å². The van der Waals surface area contributed by atoms with Gasteiger partial charge in [-0.2, -0.15) is 0 Å². The molecule has 0 unspecified atom stereocenters. The van der Waals surface area contributed by atoms with Gasteiger partial charge < -0.3 is 91.6 Å². The summed E-state index contributed by atoms with van der Waals surface area (Å²) in [6.45, 7) is 9.17. The Morgan fingerprint density at radius 2 is 0.844 bits per heavy atom. The predicted octanol–water partition coefficient (Wildman–Crippen LogP) is -4.81. The Morgan fingerprint density at radius 1 is 0.455 bits per heavy atom. The highest BCUT2D eigenvalue weighted by Gasteiger charge is 2.36. The number of primary amides is 1. The lowest BCUT2D eigenvalue weighted by molar-refractivity contribution is -0.143. The molecular formula is C47H84N14O16. The molecule has 0 fully saturated rings. The number of nitrogens with zero attached hydrogens (tertiary/aromatic N) is 1. The van der Waals surface area contributed by atoms with E-state index in [0.29, 0.717) is 19.3 Å². The van der Waals surface area contributed by atoms with Gasteiger partial charge in [-0.3, -0.25) is 57.7 Å². The Morgan fingerprint density at radius 3 is 1.25 bits per heavy atom. The first-order chi connectivity index (χ1) is 35.9. The Kier molecular flexibility index (Phi) is 33.3. The van der Waals surface area contributed by atoms with Crippen LogP contribution in [0.15, 0.2) is 4.99 Å². The first kappa shape index (κ1) is 69.8. The summed E-state index contributed by atoms with van der Waals surface area (Å²) in [5.74, 6) is -14.4. The zero-order chi connectivity index (χ0) is 59.1. The van der Waals surface area contributed by atoms with Crippen LogP contribution in [0.5, 0.6) is 0 Å². The summed E-state index contributed by atoms with van der Waals surface area (Å²) in [6.07, 6.45) is -2.22. The lowest BCUT2D eigenvalue weighted by atomic mass is 10.0. The maximum absolute atomic E-state index is 13.9. The summed E-state index contributed by atoms with van der Waals surface area (Å²) in [5, 5.41) is 58.1. The maximum Gasteiger partial charge on any atom is 0.326 e. The highest BCUT2D eigenvalue weighted by molar-refractivity contribution is 5.98. The van der Waals surface area contributed by atoms with Crippen LogP contribution in [-0.4, -0.2) is 172 Å². The molecule has 0 aromatic heterocycles. The van der Waals surface area contributed by atoms with E-state index in [1.807, 2.05) is 0 Å². The summed E-state index contributed by atoms with van der Waals surface area (Å²) in [6, 6.07) is -13.5. The van der Waals surface area contributed by atoms with Crippen molar-refractivity contribution >= 4 is 77.0 Å². The van der Waals surface area contributed by atoms with Crippen molar-refractivity contribution in [3.63, 3.8) is 0 Å². The standard InChI is InChI=1S/C47H84N14O16/c1-23(2)20-31(58-38(68)26(49)10-9-19-53-47(51)52)43(73)56-29(13-16-35(64)65)41(71)55-30(14-17-36(66)67)42(72)61-37(25(5)6)45(75)60-33(22-62)44(74)57-28(12-15-34(50)63)40(70)54-27(11-7-8-18-48)39(69)59-32(46(76)77)21-24(3)4/h23-33,37,62H,7-22,48-49H2,1-6H3,(H2,50,63)(H,54,70)(H,55,71)(H,56,73)(H,57,74)(H,58,68)(H,59,69)(H,60,75)(H,61,72)(H,64,65)(H,66,67)(H,76,77)(H4,51,52,53)/t26-,27-,28-,29-,30-,31-,32-,33-,37-/m0/s1. The zero-order valence-corrected chi connectivity index (χ0v) is 44.8. The second kappa shape index (κ2) is 36.7. The topological polar surface area (TPSA) is 524 Å². The fraction of sp³-hybridized carbons (Fsp3) is 0.723. The molecule has 9 atom stereocenters. The first-order valence-corrected chi connectivity index (χ1v) is 25.4. The van der Waals surface area contributed by atoms with E-state index >= 15 is 0 Å². The number of nitrogens with two attached hydrogens (primary N) is 5. The maximum atomic E-state index is 13.9. The molecule has 0 aromatic rings. The van der Waals surface area contributed by atoms with Crippen LogP contribution in [0.3, 0.4) is 0 Å². The molecule has 0 saturated carbocycles. The van der Waals surface area contributed by atoms with E-state index in [0.717, 1.165) is 0 Å². The number of aliphatic hydroxyl groups excluding tert-OH is 1. The average molecular weight is 1100 g/mol. The number of carbonyl (C=O) groups excluding carboxylic acids is 9. The smallest absolute Gasteiger partial charge is 0.326 e. The summed E-state index contributed by atoms with van der Waals surface area (Å²) >= 11 is 0. The Bertz CT molecular complexity index is 2040. The number of rotatable bonds is 40. The van der Waals surface area contributed by atoms with Crippen molar-refractivity contribution in [3.8, 4) is 0 Å². The number of carboxylic acid groups (broad SMARTS) is 3. The molecular weight excluding hydrogens is 1020 g/mol. The van der Waals surface area contributed by atoms with Crippen LogP contribution in [0.2, 0.25) is 0 Å². The third-order valence-electron chi connectivity index (χ3n) is 11.5. The number of guanidine groups is 1. The quantitative estimate of drug-likeness (QED) is 0.0156. The third kappa shape index (κ3) is 29.6. The third-order valence-corrected chi connectivity index (χ3v) is 11.5. The molecule has 0 spiro atoms. The summed E-state index contributed by atoms with van der Waals surface area (Å²) in [7, 11) is 0. The first-order valence-electron chi connectivity index (χ1n) is 25.4. The SMILES string of the molecule is CC(C)C[C@H](NC(=O)[C@H](CCCCN)NC(=O)[C@H](CCC(N)=O)NC(=O)[C@H](CO)NC(=O)[C@@H](NC(=O)[C@H](CCC(=O)O)NC(=O)[C@H](CCC(=O)O)NC(=O)[C@H](CC(C)C)NC(=O)[C@@H](N)CCCN=C(N)N)C(C)C)C(=O)O. The van der Waals surface area contributed by atoms with Crippen LogP contribution in [0.4, 0.5) is 0 Å². The number of unbranched alkanes of at least 4 members (excludes halogenated alkanes) is 1. The van der Waals surface area contributed by atoms with Gasteiger partial charge in [-0.05, 0) is 88.5 Å². The number of carboxylic acids is 3. The van der Waals surface area contributed by atoms with E-state index in [4.69, 9.17) is 28.7 Å². The molecule has 0 aliphatic carbocycles. The molecule has 0 aromatic carbocycles. The summed E-state index contributed by atoms with van der Waals surface area (Å²) in [5.41, 5.74) is 27.6. The number of hydrogen-bond donors (Lipinski definition) is 17. The van der Waals surface area contributed by atoms with Crippen molar-refractivity contribution in [2.24, 2.45) is 51.4 Å². The van der Waals surface area contributed by atoms with E-state index in [2.05, 4.69) is 47.5 Å². The van der Waals surface area contributed by atoms with E-state index < -0.39 is 176 Å². The van der Waals surface area contributed by atoms with Gasteiger partial charge in [-0.25, -0.2) is 4.79 Å². The minimum absolute atomic E-state index is 0.0129. The molecule has 0 radical (unpaired) electrons. The van der Waals surface area contributed by atoms with Crippen LogP contribution < -0.4 is 71.2 Å². The second-order valence-electron chi connectivity index (χ2n) is 19.6. The molecule has 22 N–H and O–H groups in total. The van der Waals surface area contributed by atoms with Crippen LogP contribution in [0.1, 0.15) is 125 Å². The van der Waals surface area contributed by atoms with Crippen molar-refractivity contribution in [1.29, 1.82) is 0 Å². The van der Waals surface area contributed by atoms with E-state index in [-0.39, 0.29) is 56.6 Å². The molecule has 30 heteroatoms. The van der Waals surface area contributed by atoms with Gasteiger partial charge in [-0.1, -0.05) is 41.5 Å². The Labute approximate surface area is 447 Å².